The molecule has 0 bridgehead atoms. The molecule has 0 radical (unpaired) electrons. The molecule has 7 amide bonds. The summed E-state index contributed by atoms with van der Waals surface area (Å²) in [5.41, 5.74) is 5.41. The molecule has 0 aliphatic carbocycles. The Bertz CT molecular complexity index is 1190. The maximum absolute atomic E-state index is 12.3. The molecule has 0 aromatic heterocycles. The standard InChI is InChI=1S/C34H62N10O11/c1-28(45)41(39-52)24-10-3-7-21-37-30(47)16-19-34(51)44(55)27-13-5-9-23-36-29(46)14-17-32(49)42(40-53)25-11-4-8-22-38-31(48)15-18-33(50)43(54)26-12-2-6-20-35/h54-55H,2-27,35H2,1H3,(H,36,46)(H,37,47)(H,38,48). The normalized spacial score (nSPS) is 10.5. The molecule has 0 rings (SSSR count). The van der Waals surface area contributed by atoms with E-state index in [0.29, 0.717) is 101 Å². The molecule has 0 aliphatic rings. The Morgan fingerprint density at radius 3 is 1.18 bits per heavy atom. The average Bonchev–Trinajstić information content (AvgIpc) is 3.16. The lowest BCUT2D eigenvalue weighted by Gasteiger charge is -2.15. The van der Waals surface area contributed by atoms with Gasteiger partial charge in [-0.1, -0.05) is 6.42 Å². The number of carbonyl (C=O) groups excluding carboxylic acids is 7. The molecule has 0 fully saturated rings. The molecule has 0 atom stereocenters. The number of amides is 7. The van der Waals surface area contributed by atoms with Crippen LogP contribution in [0.15, 0.2) is 10.6 Å². The number of nitrogens with zero attached hydrogens (tertiary/aromatic N) is 6. The van der Waals surface area contributed by atoms with Gasteiger partial charge in [0.2, 0.25) is 41.4 Å². The van der Waals surface area contributed by atoms with Gasteiger partial charge < -0.3 is 21.7 Å². The van der Waals surface area contributed by atoms with E-state index in [9.17, 15) is 53.8 Å². The fourth-order valence-corrected chi connectivity index (χ4v) is 4.99. The highest BCUT2D eigenvalue weighted by Crippen LogP contribution is 2.06. The van der Waals surface area contributed by atoms with Crippen LogP contribution in [0.5, 0.6) is 0 Å². The van der Waals surface area contributed by atoms with Crippen LogP contribution >= 0.6 is 0 Å². The number of nitroso groups, excluding NO2 is 2. The minimum atomic E-state index is -0.593. The van der Waals surface area contributed by atoms with Crippen molar-refractivity contribution in [2.24, 2.45) is 16.3 Å². The van der Waals surface area contributed by atoms with Crippen molar-refractivity contribution in [2.75, 3.05) is 52.4 Å². The molecule has 21 nitrogen and oxygen atoms in total. The van der Waals surface area contributed by atoms with Gasteiger partial charge in [0.25, 0.3) is 0 Å². The number of hydrogen-bond donors (Lipinski definition) is 6. The number of hydrogen-bond acceptors (Lipinski definition) is 14. The minimum absolute atomic E-state index is 0.0569. The van der Waals surface area contributed by atoms with Crippen molar-refractivity contribution >= 4 is 41.4 Å². The first-order valence-corrected chi connectivity index (χ1v) is 19.1. The van der Waals surface area contributed by atoms with Crippen LogP contribution in [0.1, 0.15) is 122 Å². The van der Waals surface area contributed by atoms with Gasteiger partial charge in [-0.25, -0.2) is 10.1 Å². The molecule has 0 heterocycles. The zero-order chi connectivity index (χ0) is 41.3. The van der Waals surface area contributed by atoms with Crippen molar-refractivity contribution < 1.29 is 44.0 Å². The number of hydroxylamine groups is 4. The van der Waals surface area contributed by atoms with E-state index >= 15 is 0 Å². The first-order valence-electron chi connectivity index (χ1n) is 19.1. The van der Waals surface area contributed by atoms with E-state index in [1.807, 2.05) is 0 Å². The van der Waals surface area contributed by atoms with Crippen LogP contribution in [0.25, 0.3) is 0 Å². The molecular weight excluding hydrogens is 724 g/mol. The second-order valence-electron chi connectivity index (χ2n) is 12.9. The lowest BCUT2D eigenvalue weighted by Crippen LogP contribution is -2.31. The second-order valence-corrected chi connectivity index (χ2v) is 12.9. The molecule has 7 N–H and O–H groups in total. The van der Waals surface area contributed by atoms with Crippen LogP contribution in [0.3, 0.4) is 0 Å². The summed E-state index contributed by atoms with van der Waals surface area (Å²) in [7, 11) is 0. The average molecular weight is 787 g/mol. The topological polar surface area (TPSA) is 294 Å². The first kappa shape index (κ1) is 50.4. The summed E-state index contributed by atoms with van der Waals surface area (Å²) in [4.78, 5) is 105. The molecule has 314 valence electrons. The van der Waals surface area contributed by atoms with Crippen molar-refractivity contribution in [1.29, 1.82) is 0 Å². The predicted octanol–water partition coefficient (Wildman–Crippen LogP) is 1.79. The van der Waals surface area contributed by atoms with Gasteiger partial charge in [0, 0.05) is 91.3 Å². The van der Waals surface area contributed by atoms with E-state index in [4.69, 9.17) is 5.73 Å². The third-order valence-electron chi connectivity index (χ3n) is 8.30. The summed E-state index contributed by atoms with van der Waals surface area (Å²) in [6, 6.07) is 0. The van der Waals surface area contributed by atoms with Gasteiger partial charge in [-0.15, -0.1) is 9.81 Å². The van der Waals surface area contributed by atoms with E-state index in [1.54, 1.807) is 0 Å². The maximum Gasteiger partial charge on any atom is 0.246 e. The lowest BCUT2D eigenvalue weighted by molar-refractivity contribution is -0.166. The number of carbonyl (C=O) groups is 7. The Balaban J connectivity index is 3.93. The Kier molecular flexibility index (Phi) is 30.0. The Hall–Kier alpha value is -4.63. The van der Waals surface area contributed by atoms with Crippen molar-refractivity contribution in [3.05, 3.63) is 9.81 Å². The van der Waals surface area contributed by atoms with Crippen LogP contribution in [0.4, 0.5) is 0 Å². The quantitative estimate of drug-likeness (QED) is 0.0236. The fourth-order valence-electron chi connectivity index (χ4n) is 4.99. The Labute approximate surface area is 322 Å². The number of rotatable bonds is 34. The maximum atomic E-state index is 12.3. The van der Waals surface area contributed by atoms with Gasteiger partial charge in [0.05, 0.1) is 10.6 Å². The molecular formula is C34H62N10O11. The summed E-state index contributed by atoms with van der Waals surface area (Å²) < 4.78 is 0. The third-order valence-corrected chi connectivity index (χ3v) is 8.30. The molecule has 0 aromatic carbocycles. The summed E-state index contributed by atoms with van der Waals surface area (Å²) in [5, 5.41) is 35.9. The Morgan fingerprint density at radius 1 is 0.473 bits per heavy atom. The molecule has 21 heteroatoms. The van der Waals surface area contributed by atoms with E-state index in [1.165, 1.54) is 6.92 Å². The molecule has 0 saturated carbocycles. The second kappa shape index (κ2) is 32.8. The van der Waals surface area contributed by atoms with Gasteiger partial charge in [-0.2, -0.15) is 10.0 Å². The van der Waals surface area contributed by atoms with Crippen LogP contribution in [0, 0.1) is 9.81 Å². The highest BCUT2D eigenvalue weighted by molar-refractivity contribution is 5.84. The monoisotopic (exact) mass is 786 g/mol. The highest BCUT2D eigenvalue weighted by atomic mass is 16.5. The number of unbranched alkanes of at least 4 members (excludes halogenated alkanes) is 8. The van der Waals surface area contributed by atoms with Gasteiger partial charge in [0.1, 0.15) is 0 Å². The summed E-state index contributed by atoms with van der Waals surface area (Å²) in [6.07, 6.45) is 6.51. The molecule has 0 spiro atoms. The van der Waals surface area contributed by atoms with Crippen molar-refractivity contribution in [3.63, 3.8) is 0 Å². The fraction of sp³-hybridized carbons (Fsp3) is 0.794. The first-order chi connectivity index (χ1) is 26.4. The summed E-state index contributed by atoms with van der Waals surface area (Å²) in [6.45, 7) is 3.34. The van der Waals surface area contributed by atoms with E-state index < -0.39 is 23.6 Å². The van der Waals surface area contributed by atoms with Gasteiger partial charge in [-0.3, -0.25) is 44.0 Å². The van der Waals surface area contributed by atoms with Gasteiger partial charge in [-0.05, 0) is 77.2 Å². The van der Waals surface area contributed by atoms with E-state index in [2.05, 4.69) is 26.5 Å². The summed E-state index contributed by atoms with van der Waals surface area (Å²) in [5.74, 6) is -3.18. The zero-order valence-electron chi connectivity index (χ0n) is 32.2. The predicted molar refractivity (Wildman–Crippen MR) is 199 cm³/mol. The zero-order valence-corrected chi connectivity index (χ0v) is 32.2. The lowest BCUT2D eigenvalue weighted by atomic mass is 10.2. The van der Waals surface area contributed by atoms with Crippen molar-refractivity contribution in [1.82, 2.24) is 36.1 Å². The van der Waals surface area contributed by atoms with Crippen molar-refractivity contribution in [2.45, 2.75) is 122 Å². The highest BCUT2D eigenvalue weighted by Gasteiger charge is 2.17. The van der Waals surface area contributed by atoms with Crippen LogP contribution < -0.4 is 21.7 Å². The largest absolute Gasteiger partial charge is 0.356 e. The molecule has 0 unspecified atom stereocenters. The van der Waals surface area contributed by atoms with Crippen molar-refractivity contribution in [3.8, 4) is 0 Å². The van der Waals surface area contributed by atoms with Crippen LogP contribution in [-0.4, -0.2) is 124 Å². The minimum Gasteiger partial charge on any atom is -0.356 e. The molecule has 0 saturated heterocycles. The Morgan fingerprint density at radius 2 is 0.818 bits per heavy atom. The van der Waals surface area contributed by atoms with Gasteiger partial charge in [0.15, 0.2) is 0 Å². The molecule has 0 aromatic rings. The van der Waals surface area contributed by atoms with E-state index in [-0.39, 0.29) is 82.4 Å². The smallest absolute Gasteiger partial charge is 0.246 e. The SMILES string of the molecule is CC(=O)N(CCCCCNC(=O)CCC(=O)N(O)CCCCCNC(=O)CCC(=O)N(CCCCCNC(=O)CCC(=O)N(O)CCCCCN)N=O)N=O. The third kappa shape index (κ3) is 27.6. The van der Waals surface area contributed by atoms with Gasteiger partial charge >= 0.3 is 0 Å². The molecule has 55 heavy (non-hydrogen) atoms. The van der Waals surface area contributed by atoms with E-state index in [0.717, 1.165) is 22.9 Å². The van der Waals surface area contributed by atoms with Crippen LogP contribution in [0.2, 0.25) is 0 Å². The van der Waals surface area contributed by atoms with Crippen LogP contribution in [-0.2, 0) is 33.6 Å². The number of nitrogens with one attached hydrogen (secondary N) is 3. The number of nitrogens with two attached hydrogens (primary N) is 1. The summed E-state index contributed by atoms with van der Waals surface area (Å²) >= 11 is 0. The molecule has 0 aliphatic heterocycles.